The first-order valence-electron chi connectivity index (χ1n) is 9.52. The summed E-state index contributed by atoms with van der Waals surface area (Å²) in [5.41, 5.74) is 0.229. The summed E-state index contributed by atoms with van der Waals surface area (Å²) in [6.45, 7) is 4.38. The van der Waals surface area contributed by atoms with Crippen LogP contribution in [0, 0.1) is 0 Å². The molecule has 1 heterocycles. The maximum Gasteiger partial charge on any atom is 0.416 e. The van der Waals surface area contributed by atoms with Crippen molar-refractivity contribution in [3.8, 4) is 11.5 Å². The molecule has 1 saturated heterocycles. The lowest BCUT2D eigenvalue weighted by Crippen LogP contribution is -2.48. The maximum absolute atomic E-state index is 12.9. The normalized spacial score (nSPS) is 15.3. The molecule has 0 aliphatic carbocycles. The molecule has 0 aromatic heterocycles. The van der Waals surface area contributed by atoms with Crippen molar-refractivity contribution in [1.82, 2.24) is 9.80 Å². The number of aromatic hydroxyl groups is 1. The molecule has 0 spiro atoms. The van der Waals surface area contributed by atoms with Gasteiger partial charge in [0.1, 0.15) is 0 Å². The quantitative estimate of drug-likeness (QED) is 0.744. The van der Waals surface area contributed by atoms with E-state index in [2.05, 4.69) is 0 Å². The van der Waals surface area contributed by atoms with Crippen molar-refractivity contribution < 1.29 is 27.8 Å². The van der Waals surface area contributed by atoms with Crippen LogP contribution in [0.2, 0.25) is 5.02 Å². The highest BCUT2D eigenvalue weighted by molar-refractivity contribution is 6.32. The van der Waals surface area contributed by atoms with Gasteiger partial charge >= 0.3 is 6.18 Å². The zero-order chi connectivity index (χ0) is 21.9. The number of phenolic OH excluding ortho intramolecular Hbond substituents is 1. The van der Waals surface area contributed by atoms with Crippen molar-refractivity contribution in [1.29, 1.82) is 0 Å². The predicted molar refractivity (Wildman–Crippen MR) is 107 cm³/mol. The van der Waals surface area contributed by atoms with Gasteiger partial charge in [0.05, 0.1) is 17.2 Å². The lowest BCUT2D eigenvalue weighted by molar-refractivity contribution is -0.137. The molecule has 0 atom stereocenters. The van der Waals surface area contributed by atoms with Crippen LogP contribution in [0.1, 0.15) is 28.4 Å². The lowest BCUT2D eigenvalue weighted by atomic mass is 10.1. The number of carbonyl (C=O) groups is 1. The molecule has 30 heavy (non-hydrogen) atoms. The van der Waals surface area contributed by atoms with Crippen molar-refractivity contribution in [2.24, 2.45) is 0 Å². The summed E-state index contributed by atoms with van der Waals surface area (Å²) in [5.74, 6) is -0.297. The van der Waals surface area contributed by atoms with Crippen LogP contribution in [-0.4, -0.2) is 53.6 Å². The number of alkyl halides is 3. The van der Waals surface area contributed by atoms with Gasteiger partial charge in [0.2, 0.25) is 0 Å². The molecular weight excluding hydrogens is 421 g/mol. The Labute approximate surface area is 177 Å². The zero-order valence-corrected chi connectivity index (χ0v) is 17.1. The van der Waals surface area contributed by atoms with Gasteiger partial charge < -0.3 is 14.7 Å². The Bertz CT molecular complexity index is 913. The Hall–Kier alpha value is -2.45. The molecule has 162 valence electrons. The first-order valence-corrected chi connectivity index (χ1v) is 9.90. The molecular formula is C21H22ClF3N2O3. The first-order chi connectivity index (χ1) is 14.2. The number of nitrogens with zero attached hydrogens (tertiary/aromatic N) is 2. The Balaban J connectivity index is 1.63. The molecule has 1 aliphatic heterocycles. The highest BCUT2D eigenvalue weighted by atomic mass is 35.5. The fraction of sp³-hybridized carbons (Fsp3) is 0.381. The van der Waals surface area contributed by atoms with Gasteiger partial charge in [-0.1, -0.05) is 29.8 Å². The van der Waals surface area contributed by atoms with Gasteiger partial charge in [-0.25, -0.2) is 0 Å². The van der Waals surface area contributed by atoms with E-state index in [1.54, 1.807) is 17.9 Å². The van der Waals surface area contributed by atoms with E-state index >= 15 is 0 Å². The SMILES string of the molecule is CCOc1cc(C(=O)N2CCN(Cc3cccc(C(F)(F)F)c3)CC2)cc(Cl)c1O. The topological polar surface area (TPSA) is 53.0 Å². The lowest BCUT2D eigenvalue weighted by Gasteiger charge is -2.35. The average molecular weight is 443 g/mol. The van der Waals surface area contributed by atoms with E-state index in [4.69, 9.17) is 16.3 Å². The summed E-state index contributed by atoms with van der Waals surface area (Å²) < 4.78 is 44.0. The molecule has 0 radical (unpaired) electrons. The minimum Gasteiger partial charge on any atom is -0.503 e. The molecule has 1 amide bonds. The minimum atomic E-state index is -4.37. The van der Waals surface area contributed by atoms with Crippen LogP contribution in [-0.2, 0) is 12.7 Å². The van der Waals surface area contributed by atoms with Crippen molar-refractivity contribution in [2.45, 2.75) is 19.6 Å². The Morgan fingerprint density at radius 2 is 1.87 bits per heavy atom. The van der Waals surface area contributed by atoms with E-state index in [0.29, 0.717) is 50.5 Å². The summed E-state index contributed by atoms with van der Waals surface area (Å²) >= 11 is 6.01. The monoisotopic (exact) mass is 442 g/mol. The van der Waals surface area contributed by atoms with E-state index in [9.17, 15) is 23.1 Å². The summed E-state index contributed by atoms with van der Waals surface area (Å²) in [6.07, 6.45) is -4.37. The van der Waals surface area contributed by atoms with Crippen LogP contribution < -0.4 is 4.74 Å². The maximum atomic E-state index is 12.9. The van der Waals surface area contributed by atoms with Crippen LogP contribution in [0.25, 0.3) is 0 Å². The smallest absolute Gasteiger partial charge is 0.416 e. The van der Waals surface area contributed by atoms with Gasteiger partial charge in [0, 0.05) is 38.3 Å². The number of ether oxygens (including phenoxy) is 1. The Morgan fingerprint density at radius 1 is 1.17 bits per heavy atom. The van der Waals surface area contributed by atoms with Gasteiger partial charge in [0.15, 0.2) is 11.5 Å². The fourth-order valence-electron chi connectivity index (χ4n) is 3.36. The number of hydrogen-bond donors (Lipinski definition) is 1. The largest absolute Gasteiger partial charge is 0.503 e. The summed E-state index contributed by atoms with van der Waals surface area (Å²) in [7, 11) is 0. The second-order valence-electron chi connectivity index (χ2n) is 7.00. The van der Waals surface area contributed by atoms with Gasteiger partial charge in [-0.2, -0.15) is 13.2 Å². The van der Waals surface area contributed by atoms with Crippen LogP contribution in [0.5, 0.6) is 11.5 Å². The molecule has 1 fully saturated rings. The number of phenols is 1. The number of carbonyl (C=O) groups excluding carboxylic acids is 1. The van der Waals surface area contributed by atoms with Crippen LogP contribution in [0.3, 0.4) is 0 Å². The molecule has 0 unspecified atom stereocenters. The number of rotatable bonds is 5. The summed E-state index contributed by atoms with van der Waals surface area (Å²) in [4.78, 5) is 16.5. The van der Waals surface area contributed by atoms with Crippen molar-refractivity contribution in [3.63, 3.8) is 0 Å². The standard InChI is InChI=1S/C21H22ClF3N2O3/c1-2-30-18-12-15(11-17(22)19(18)28)20(29)27-8-6-26(7-9-27)13-14-4-3-5-16(10-14)21(23,24)25/h3-5,10-12,28H,2,6-9,13H2,1H3. The minimum absolute atomic E-state index is 0.0347. The molecule has 5 nitrogen and oxygen atoms in total. The fourth-order valence-corrected chi connectivity index (χ4v) is 3.57. The number of piperazine rings is 1. The summed E-state index contributed by atoms with van der Waals surface area (Å²) in [5, 5.41) is 9.97. The molecule has 3 rings (SSSR count). The van der Waals surface area contributed by atoms with Crippen LogP contribution >= 0.6 is 11.6 Å². The van der Waals surface area contributed by atoms with E-state index < -0.39 is 11.7 Å². The molecule has 2 aromatic carbocycles. The molecule has 1 aliphatic rings. The highest BCUT2D eigenvalue weighted by Crippen LogP contribution is 2.35. The third kappa shape index (κ3) is 5.17. The van der Waals surface area contributed by atoms with Crippen molar-refractivity contribution >= 4 is 17.5 Å². The second-order valence-corrected chi connectivity index (χ2v) is 7.41. The number of hydrogen-bond acceptors (Lipinski definition) is 4. The van der Waals surface area contributed by atoms with Gasteiger partial charge in [-0.3, -0.25) is 9.69 Å². The average Bonchev–Trinajstić information content (AvgIpc) is 2.71. The number of benzene rings is 2. The van der Waals surface area contributed by atoms with Gasteiger partial charge in [-0.15, -0.1) is 0 Å². The highest BCUT2D eigenvalue weighted by Gasteiger charge is 2.30. The molecule has 9 heteroatoms. The van der Waals surface area contributed by atoms with E-state index in [-0.39, 0.29) is 22.4 Å². The van der Waals surface area contributed by atoms with Gasteiger partial charge in [-0.05, 0) is 30.7 Å². The number of amides is 1. The van der Waals surface area contributed by atoms with Gasteiger partial charge in [0.25, 0.3) is 5.91 Å². The van der Waals surface area contributed by atoms with Crippen molar-refractivity contribution in [2.75, 3.05) is 32.8 Å². The Morgan fingerprint density at radius 3 is 2.50 bits per heavy atom. The third-order valence-corrected chi connectivity index (χ3v) is 5.18. The second kappa shape index (κ2) is 9.14. The third-order valence-electron chi connectivity index (χ3n) is 4.90. The Kier molecular flexibility index (Phi) is 6.77. The molecule has 0 bridgehead atoms. The van der Waals surface area contributed by atoms with E-state index in [1.807, 2.05) is 4.90 Å². The first kappa shape index (κ1) is 22.2. The van der Waals surface area contributed by atoms with Crippen LogP contribution in [0.15, 0.2) is 36.4 Å². The van der Waals surface area contributed by atoms with E-state index in [1.165, 1.54) is 18.2 Å². The molecule has 0 saturated carbocycles. The molecule has 2 aromatic rings. The van der Waals surface area contributed by atoms with Crippen molar-refractivity contribution in [3.05, 3.63) is 58.1 Å². The zero-order valence-electron chi connectivity index (χ0n) is 16.4. The summed E-state index contributed by atoms with van der Waals surface area (Å²) in [6, 6.07) is 8.15. The molecule has 1 N–H and O–H groups in total. The van der Waals surface area contributed by atoms with E-state index in [0.717, 1.165) is 12.1 Å². The predicted octanol–water partition coefficient (Wildman–Crippen LogP) is 4.42. The van der Waals surface area contributed by atoms with Crippen LogP contribution in [0.4, 0.5) is 13.2 Å². The number of halogens is 4.